The summed E-state index contributed by atoms with van der Waals surface area (Å²) in [5.41, 5.74) is -0.273. The van der Waals surface area contributed by atoms with E-state index in [1.54, 1.807) is 6.07 Å². The van der Waals surface area contributed by atoms with Crippen LogP contribution in [0.3, 0.4) is 0 Å². The van der Waals surface area contributed by atoms with Gasteiger partial charge in [-0.2, -0.15) is 13.2 Å². The number of hydrogen-bond acceptors (Lipinski definition) is 1. The molecular formula is C16H18F3N. The van der Waals surface area contributed by atoms with Gasteiger partial charge in [-0.15, -0.1) is 0 Å². The topological polar surface area (TPSA) is 12.9 Å². The molecule has 0 aliphatic heterocycles. The quantitative estimate of drug-likeness (QED) is 0.690. The van der Waals surface area contributed by atoms with E-state index >= 15 is 0 Å². The third-order valence-corrected chi connectivity index (χ3v) is 3.52. The zero-order chi connectivity index (χ0) is 14.8. The van der Waals surface area contributed by atoms with Gasteiger partial charge in [0.1, 0.15) is 0 Å². The van der Waals surface area contributed by atoms with Crippen molar-refractivity contribution in [2.75, 3.05) is 0 Å². The highest BCUT2D eigenvalue weighted by Crippen LogP contribution is 2.35. The van der Waals surface area contributed by atoms with Crippen LogP contribution >= 0.6 is 0 Å². The van der Waals surface area contributed by atoms with Crippen LogP contribution in [0, 0.1) is 11.8 Å². The first-order chi connectivity index (χ1) is 9.39. The number of halogens is 3. The van der Waals surface area contributed by atoms with Crippen LogP contribution in [0.1, 0.15) is 32.3 Å². The Morgan fingerprint density at radius 2 is 1.80 bits per heavy atom. The van der Waals surface area contributed by atoms with Crippen LogP contribution in [0.4, 0.5) is 13.2 Å². The Morgan fingerprint density at radius 1 is 1.10 bits per heavy atom. The van der Waals surface area contributed by atoms with Crippen molar-refractivity contribution < 1.29 is 13.2 Å². The fourth-order valence-electron chi connectivity index (χ4n) is 2.11. The molecule has 3 rings (SSSR count). The lowest BCUT2D eigenvalue weighted by molar-refractivity contribution is -0.136. The van der Waals surface area contributed by atoms with E-state index in [1.807, 2.05) is 0 Å². The predicted molar refractivity (Wildman–Crippen MR) is 74.3 cm³/mol. The molecule has 0 unspecified atom stereocenters. The minimum atomic E-state index is -4.32. The summed E-state index contributed by atoms with van der Waals surface area (Å²) in [6.45, 7) is 4.61. The van der Waals surface area contributed by atoms with Gasteiger partial charge in [-0.25, -0.2) is 0 Å². The van der Waals surface area contributed by atoms with Gasteiger partial charge in [0.05, 0.1) is 11.1 Å². The number of fused-ring (bicyclic) bond motifs is 1. The molecule has 1 aromatic heterocycles. The first-order valence-electron chi connectivity index (χ1n) is 6.80. The monoisotopic (exact) mass is 281 g/mol. The lowest BCUT2D eigenvalue weighted by Crippen LogP contribution is -2.05. The van der Waals surface area contributed by atoms with Crippen LogP contribution in [0.5, 0.6) is 0 Å². The molecule has 4 heteroatoms. The second-order valence-corrected chi connectivity index (χ2v) is 5.45. The zero-order valence-corrected chi connectivity index (χ0v) is 11.6. The first-order valence-corrected chi connectivity index (χ1v) is 6.80. The summed E-state index contributed by atoms with van der Waals surface area (Å²) in [7, 11) is 0. The van der Waals surface area contributed by atoms with Gasteiger partial charge in [-0.05, 0) is 42.9 Å². The minimum absolute atomic E-state index is 0.141. The molecule has 1 saturated carbocycles. The second kappa shape index (κ2) is 5.81. The Bertz CT molecular complexity index is 566. The number of benzene rings is 1. The summed E-state index contributed by atoms with van der Waals surface area (Å²) in [6.07, 6.45) is 0.153. The van der Waals surface area contributed by atoms with E-state index in [0.717, 1.165) is 17.9 Å². The van der Waals surface area contributed by atoms with Crippen molar-refractivity contribution in [3.05, 3.63) is 42.1 Å². The molecule has 0 amide bonds. The van der Waals surface area contributed by atoms with Gasteiger partial charge < -0.3 is 0 Å². The van der Waals surface area contributed by atoms with Gasteiger partial charge in [0.2, 0.25) is 0 Å². The molecule has 0 radical (unpaired) electrons. The van der Waals surface area contributed by atoms with Crippen molar-refractivity contribution >= 4 is 10.9 Å². The molecule has 1 nitrogen and oxygen atoms in total. The maximum absolute atomic E-state index is 12.5. The van der Waals surface area contributed by atoms with Gasteiger partial charge in [0.15, 0.2) is 0 Å². The van der Waals surface area contributed by atoms with Crippen LogP contribution in [-0.4, -0.2) is 4.98 Å². The van der Waals surface area contributed by atoms with Crippen molar-refractivity contribution in [3.8, 4) is 0 Å². The third kappa shape index (κ3) is 3.71. The maximum atomic E-state index is 12.5. The molecule has 1 heterocycles. The highest BCUT2D eigenvalue weighted by atomic mass is 19.4. The number of nitrogens with zero attached hydrogens (tertiary/aromatic N) is 1. The van der Waals surface area contributed by atoms with Gasteiger partial charge in [0, 0.05) is 11.6 Å². The second-order valence-electron chi connectivity index (χ2n) is 5.45. The van der Waals surface area contributed by atoms with Crippen molar-refractivity contribution in [3.63, 3.8) is 0 Å². The van der Waals surface area contributed by atoms with Crippen LogP contribution in [0.15, 0.2) is 36.5 Å². The SMILES string of the molecule is CC(C)C1CC1.FC(F)(F)c1cccc2ncccc12. The predicted octanol–water partition coefficient (Wildman–Crippen LogP) is 5.31. The Morgan fingerprint density at radius 3 is 2.30 bits per heavy atom. The van der Waals surface area contributed by atoms with Gasteiger partial charge >= 0.3 is 6.18 Å². The summed E-state index contributed by atoms with van der Waals surface area (Å²) >= 11 is 0. The van der Waals surface area contributed by atoms with Crippen molar-refractivity contribution in [2.45, 2.75) is 32.9 Å². The molecule has 20 heavy (non-hydrogen) atoms. The largest absolute Gasteiger partial charge is 0.417 e. The number of aromatic nitrogens is 1. The molecule has 0 N–H and O–H groups in total. The van der Waals surface area contributed by atoms with Gasteiger partial charge in [-0.1, -0.05) is 26.0 Å². The highest BCUT2D eigenvalue weighted by molar-refractivity contribution is 5.82. The number of alkyl halides is 3. The number of hydrogen-bond donors (Lipinski definition) is 0. The van der Waals surface area contributed by atoms with Crippen LogP contribution in [0.25, 0.3) is 10.9 Å². The Balaban J connectivity index is 0.000000205. The molecule has 1 aliphatic carbocycles. The Kier molecular flexibility index (Phi) is 4.31. The molecule has 1 aromatic carbocycles. The normalized spacial score (nSPS) is 15.1. The molecule has 1 aliphatic rings. The Labute approximate surface area is 116 Å². The van der Waals surface area contributed by atoms with E-state index < -0.39 is 11.7 Å². The highest BCUT2D eigenvalue weighted by Gasteiger charge is 2.32. The summed E-state index contributed by atoms with van der Waals surface area (Å²) in [5, 5.41) is 0.141. The summed E-state index contributed by atoms with van der Waals surface area (Å²) in [6, 6.07) is 6.90. The third-order valence-electron chi connectivity index (χ3n) is 3.52. The smallest absolute Gasteiger partial charge is 0.256 e. The summed E-state index contributed by atoms with van der Waals surface area (Å²) in [4.78, 5) is 3.86. The fraction of sp³-hybridized carbons (Fsp3) is 0.438. The lowest BCUT2D eigenvalue weighted by Gasteiger charge is -2.08. The number of rotatable bonds is 1. The van der Waals surface area contributed by atoms with Gasteiger partial charge in [-0.3, -0.25) is 4.98 Å². The van der Waals surface area contributed by atoms with E-state index in [2.05, 4.69) is 18.8 Å². The average molecular weight is 281 g/mol. The first kappa shape index (κ1) is 14.8. The maximum Gasteiger partial charge on any atom is 0.417 e. The van der Waals surface area contributed by atoms with E-state index in [0.29, 0.717) is 5.52 Å². The van der Waals surface area contributed by atoms with Gasteiger partial charge in [0.25, 0.3) is 0 Å². The number of pyridine rings is 1. The van der Waals surface area contributed by atoms with Crippen LogP contribution in [-0.2, 0) is 6.18 Å². The van der Waals surface area contributed by atoms with Crippen LogP contribution in [0.2, 0.25) is 0 Å². The molecule has 0 atom stereocenters. The van der Waals surface area contributed by atoms with Crippen LogP contribution < -0.4 is 0 Å². The van der Waals surface area contributed by atoms with E-state index in [4.69, 9.17) is 0 Å². The molecule has 108 valence electrons. The molecule has 1 fully saturated rings. The molecule has 0 spiro atoms. The van der Waals surface area contributed by atoms with Crippen molar-refractivity contribution in [2.24, 2.45) is 11.8 Å². The standard InChI is InChI=1S/C10H6F3N.C6H12/c11-10(12,13)8-4-1-5-9-7(8)3-2-6-14-9;1-5(2)6-3-4-6/h1-6H;5-6H,3-4H2,1-2H3. The van der Waals surface area contributed by atoms with Crippen molar-refractivity contribution in [1.29, 1.82) is 0 Å². The fourth-order valence-corrected chi connectivity index (χ4v) is 2.11. The van der Waals surface area contributed by atoms with E-state index in [9.17, 15) is 13.2 Å². The summed E-state index contributed by atoms with van der Waals surface area (Å²) in [5.74, 6) is 2.06. The molecule has 0 bridgehead atoms. The summed E-state index contributed by atoms with van der Waals surface area (Å²) < 4.78 is 37.5. The van der Waals surface area contributed by atoms with Crippen molar-refractivity contribution in [1.82, 2.24) is 4.98 Å². The minimum Gasteiger partial charge on any atom is -0.256 e. The molecule has 0 saturated heterocycles. The molecular weight excluding hydrogens is 263 g/mol. The van der Waals surface area contributed by atoms with E-state index in [1.165, 1.54) is 37.2 Å². The lowest BCUT2D eigenvalue weighted by atomic mass is 10.1. The average Bonchev–Trinajstić information content (AvgIpc) is 3.22. The Hall–Kier alpha value is -1.58. The zero-order valence-electron chi connectivity index (χ0n) is 11.6. The van der Waals surface area contributed by atoms with E-state index in [-0.39, 0.29) is 5.39 Å². The molecule has 2 aromatic rings.